The van der Waals surface area contributed by atoms with E-state index in [0.29, 0.717) is 49.4 Å². The van der Waals surface area contributed by atoms with Crippen LogP contribution in [0.1, 0.15) is 6.92 Å². The van der Waals surface area contributed by atoms with E-state index in [0.717, 1.165) is 5.39 Å². The fraction of sp³-hybridized carbons (Fsp3) is 0.105. The van der Waals surface area contributed by atoms with E-state index < -0.39 is 5.63 Å². The van der Waals surface area contributed by atoms with Crippen LogP contribution in [0.15, 0.2) is 51.7 Å². The van der Waals surface area contributed by atoms with Crippen molar-refractivity contribution >= 4 is 56.3 Å². The van der Waals surface area contributed by atoms with Gasteiger partial charge in [0.05, 0.1) is 22.9 Å². The van der Waals surface area contributed by atoms with Crippen LogP contribution >= 0.6 is 34.5 Å². The SMILES string of the molecule is CCOc1cccc2cc(-c3nnc(Nc4ccc(Cl)cc4Cl)s3)c(=O)oc12. The Bertz CT molecular complexity index is 1220. The maximum atomic E-state index is 12.5. The number of hydrogen-bond donors (Lipinski definition) is 1. The van der Waals surface area contributed by atoms with Crippen LogP contribution < -0.4 is 15.7 Å². The molecule has 2 aromatic heterocycles. The lowest BCUT2D eigenvalue weighted by atomic mass is 10.2. The summed E-state index contributed by atoms with van der Waals surface area (Å²) in [6, 6.07) is 12.3. The molecule has 0 radical (unpaired) electrons. The van der Waals surface area contributed by atoms with Gasteiger partial charge in [-0.15, -0.1) is 10.2 Å². The Kier molecular flexibility index (Phi) is 5.21. The van der Waals surface area contributed by atoms with E-state index in [4.69, 9.17) is 32.4 Å². The van der Waals surface area contributed by atoms with Gasteiger partial charge in [-0.2, -0.15) is 0 Å². The lowest BCUT2D eigenvalue weighted by Crippen LogP contribution is -2.03. The van der Waals surface area contributed by atoms with Crippen LogP contribution in [0, 0.1) is 0 Å². The summed E-state index contributed by atoms with van der Waals surface area (Å²) in [5.74, 6) is 0.528. The van der Waals surface area contributed by atoms with Crippen molar-refractivity contribution in [2.45, 2.75) is 6.92 Å². The van der Waals surface area contributed by atoms with Crippen LogP contribution in [0.2, 0.25) is 10.0 Å². The third-order valence-corrected chi connectivity index (χ3v) is 5.27. The van der Waals surface area contributed by atoms with Crippen molar-refractivity contribution in [2.24, 2.45) is 0 Å². The molecule has 0 spiro atoms. The molecule has 0 unspecified atom stereocenters. The normalized spacial score (nSPS) is 11.0. The Balaban J connectivity index is 1.69. The highest BCUT2D eigenvalue weighted by Gasteiger charge is 2.15. The third-order valence-electron chi connectivity index (χ3n) is 3.85. The Labute approximate surface area is 173 Å². The Morgan fingerprint density at radius 3 is 2.82 bits per heavy atom. The number of aromatic nitrogens is 2. The molecule has 0 fully saturated rings. The third kappa shape index (κ3) is 3.69. The highest BCUT2D eigenvalue weighted by atomic mass is 35.5. The van der Waals surface area contributed by atoms with Crippen molar-refractivity contribution in [3.8, 4) is 16.3 Å². The van der Waals surface area contributed by atoms with Gasteiger partial charge in [0.2, 0.25) is 5.13 Å². The zero-order valence-electron chi connectivity index (χ0n) is 14.5. The molecule has 142 valence electrons. The Morgan fingerprint density at radius 2 is 2.04 bits per heavy atom. The summed E-state index contributed by atoms with van der Waals surface area (Å²) in [5.41, 5.74) is 0.871. The van der Waals surface area contributed by atoms with E-state index in [-0.39, 0.29) is 0 Å². The Morgan fingerprint density at radius 1 is 1.18 bits per heavy atom. The monoisotopic (exact) mass is 433 g/mol. The van der Waals surface area contributed by atoms with Crippen LogP contribution in [0.3, 0.4) is 0 Å². The quantitative estimate of drug-likeness (QED) is 0.403. The zero-order valence-corrected chi connectivity index (χ0v) is 16.9. The molecule has 0 atom stereocenters. The molecule has 1 N–H and O–H groups in total. The fourth-order valence-electron chi connectivity index (χ4n) is 2.62. The molecule has 9 heteroatoms. The number of ether oxygens (including phenoxy) is 1. The minimum absolute atomic E-state index is 0.328. The molecule has 2 aromatic carbocycles. The van der Waals surface area contributed by atoms with Crippen LogP contribution in [0.5, 0.6) is 5.75 Å². The molecule has 0 saturated carbocycles. The first-order valence-electron chi connectivity index (χ1n) is 8.31. The van der Waals surface area contributed by atoms with E-state index in [2.05, 4.69) is 15.5 Å². The predicted molar refractivity (Wildman–Crippen MR) is 112 cm³/mol. The number of hydrogen-bond acceptors (Lipinski definition) is 7. The minimum atomic E-state index is -0.508. The number of rotatable bonds is 5. The first-order chi connectivity index (χ1) is 13.5. The van der Waals surface area contributed by atoms with Crippen molar-refractivity contribution in [3.05, 3.63) is 62.9 Å². The lowest BCUT2D eigenvalue weighted by Gasteiger charge is -2.06. The second-order valence-corrected chi connectivity index (χ2v) is 7.54. The smallest absolute Gasteiger partial charge is 0.346 e. The van der Waals surface area contributed by atoms with Crippen molar-refractivity contribution in [1.29, 1.82) is 0 Å². The minimum Gasteiger partial charge on any atom is -0.490 e. The molecule has 0 aliphatic heterocycles. The maximum absolute atomic E-state index is 12.5. The highest BCUT2D eigenvalue weighted by molar-refractivity contribution is 7.18. The summed E-state index contributed by atoms with van der Waals surface area (Å²) >= 11 is 13.3. The van der Waals surface area contributed by atoms with Crippen LogP contribution in [-0.2, 0) is 0 Å². The van der Waals surface area contributed by atoms with E-state index in [1.165, 1.54) is 11.3 Å². The molecule has 0 aliphatic rings. The van der Waals surface area contributed by atoms with Gasteiger partial charge >= 0.3 is 5.63 Å². The van der Waals surface area contributed by atoms with Crippen LogP contribution in [-0.4, -0.2) is 16.8 Å². The van der Waals surface area contributed by atoms with Gasteiger partial charge in [-0.05, 0) is 37.3 Å². The van der Waals surface area contributed by atoms with Crippen LogP contribution in [0.4, 0.5) is 10.8 Å². The van der Waals surface area contributed by atoms with Gasteiger partial charge in [0.25, 0.3) is 0 Å². The molecular weight excluding hydrogens is 421 g/mol. The van der Waals surface area contributed by atoms with Gasteiger partial charge in [-0.3, -0.25) is 0 Å². The van der Waals surface area contributed by atoms with E-state index in [1.54, 1.807) is 30.3 Å². The molecule has 2 heterocycles. The zero-order chi connectivity index (χ0) is 19.7. The standard InChI is InChI=1S/C19H13Cl2N3O3S/c1-2-26-15-5-3-4-10-8-12(18(25)27-16(10)15)17-23-24-19(28-17)22-14-7-6-11(20)9-13(14)21/h3-9H,2H2,1H3,(H,22,24). The van der Waals surface area contributed by atoms with Gasteiger partial charge in [-0.1, -0.05) is 46.7 Å². The van der Waals surface area contributed by atoms with E-state index in [9.17, 15) is 4.79 Å². The summed E-state index contributed by atoms with van der Waals surface area (Å²) in [7, 11) is 0. The lowest BCUT2D eigenvalue weighted by molar-refractivity contribution is 0.337. The second kappa shape index (κ2) is 7.79. The average molecular weight is 434 g/mol. The largest absolute Gasteiger partial charge is 0.490 e. The summed E-state index contributed by atoms with van der Waals surface area (Å²) in [5, 5.41) is 13.9. The molecule has 28 heavy (non-hydrogen) atoms. The number of benzene rings is 2. The maximum Gasteiger partial charge on any atom is 0.346 e. The second-order valence-electron chi connectivity index (χ2n) is 5.72. The molecule has 0 aliphatic carbocycles. The van der Waals surface area contributed by atoms with Crippen molar-refractivity contribution in [2.75, 3.05) is 11.9 Å². The predicted octanol–water partition coefficient (Wildman–Crippen LogP) is 5.76. The van der Waals surface area contributed by atoms with Gasteiger partial charge in [0, 0.05) is 10.4 Å². The van der Waals surface area contributed by atoms with Gasteiger partial charge in [0.15, 0.2) is 16.3 Å². The summed E-state index contributed by atoms with van der Waals surface area (Å²) < 4.78 is 11.0. The van der Waals surface area contributed by atoms with Gasteiger partial charge in [0.1, 0.15) is 0 Å². The molecule has 0 saturated heterocycles. The topological polar surface area (TPSA) is 77.3 Å². The number of halogens is 2. The number of nitrogens with one attached hydrogen (secondary N) is 1. The Hall–Kier alpha value is -2.61. The average Bonchev–Trinajstić information content (AvgIpc) is 3.13. The van der Waals surface area contributed by atoms with Crippen molar-refractivity contribution in [1.82, 2.24) is 10.2 Å². The number of anilines is 2. The molecule has 4 rings (SSSR count). The summed E-state index contributed by atoms with van der Waals surface area (Å²) in [6.45, 7) is 2.34. The molecule has 6 nitrogen and oxygen atoms in total. The first kappa shape index (κ1) is 18.7. The molecular formula is C19H13Cl2N3O3S. The van der Waals surface area contributed by atoms with Crippen molar-refractivity contribution < 1.29 is 9.15 Å². The van der Waals surface area contributed by atoms with Gasteiger partial charge in [-0.25, -0.2) is 4.79 Å². The summed E-state index contributed by atoms with van der Waals surface area (Å²) in [4.78, 5) is 12.5. The number of fused-ring (bicyclic) bond motifs is 1. The highest BCUT2D eigenvalue weighted by Crippen LogP contribution is 2.33. The first-order valence-corrected chi connectivity index (χ1v) is 9.88. The molecule has 0 bridgehead atoms. The van der Waals surface area contributed by atoms with E-state index in [1.807, 2.05) is 19.1 Å². The summed E-state index contributed by atoms with van der Waals surface area (Å²) in [6.07, 6.45) is 0. The molecule has 4 aromatic rings. The van der Waals surface area contributed by atoms with Gasteiger partial charge < -0.3 is 14.5 Å². The fourth-order valence-corrected chi connectivity index (χ4v) is 3.84. The molecule has 0 amide bonds. The number of para-hydroxylation sites is 1. The van der Waals surface area contributed by atoms with Crippen molar-refractivity contribution in [3.63, 3.8) is 0 Å². The van der Waals surface area contributed by atoms with E-state index >= 15 is 0 Å². The number of nitrogens with zero attached hydrogens (tertiary/aromatic N) is 2. The van der Waals surface area contributed by atoms with Crippen LogP contribution in [0.25, 0.3) is 21.5 Å².